The first-order valence-electron chi connectivity index (χ1n) is 10.6. The fourth-order valence-electron chi connectivity index (χ4n) is 3.73. The third-order valence-electron chi connectivity index (χ3n) is 5.47. The quantitative estimate of drug-likeness (QED) is 0.329. The molecule has 0 aliphatic heterocycles. The van der Waals surface area contributed by atoms with Crippen molar-refractivity contribution in [1.29, 1.82) is 0 Å². The van der Waals surface area contributed by atoms with Gasteiger partial charge in [-0.25, -0.2) is 14.5 Å². The van der Waals surface area contributed by atoms with Crippen LogP contribution in [0.4, 0.5) is 18.3 Å². The molecule has 8 nitrogen and oxygen atoms in total. The molecular weight excluding hydrogens is 495 g/mol. The van der Waals surface area contributed by atoms with Crippen molar-refractivity contribution >= 4 is 38.2 Å². The Kier molecular flexibility index (Phi) is 5.75. The number of nitrogens with one attached hydrogen (secondary N) is 1. The predicted molar refractivity (Wildman–Crippen MR) is 129 cm³/mol. The number of fused-ring (bicyclic) bond motifs is 2. The highest BCUT2D eigenvalue weighted by molar-refractivity contribution is 7.22. The molecule has 184 valence electrons. The van der Waals surface area contributed by atoms with Gasteiger partial charge in [-0.2, -0.15) is 18.3 Å². The van der Waals surface area contributed by atoms with Crippen LogP contribution in [-0.2, 0) is 6.18 Å². The zero-order valence-electron chi connectivity index (χ0n) is 19.2. The number of aromatic nitrogens is 4. The minimum absolute atomic E-state index is 0.0317. The van der Waals surface area contributed by atoms with Crippen molar-refractivity contribution in [2.24, 2.45) is 0 Å². The van der Waals surface area contributed by atoms with E-state index in [0.29, 0.717) is 26.7 Å². The Morgan fingerprint density at radius 1 is 1.03 bits per heavy atom. The maximum atomic E-state index is 13.9. The number of carbonyl (C=O) groups is 1. The SMILES string of the molecule is COc1ccc(-c2cc(C(F)(F)F)n3nc(C(=O)Nc4nc5c(C)cccc5s4)cc3n2)cc1OC. The lowest BCUT2D eigenvalue weighted by Gasteiger charge is -2.12. The lowest BCUT2D eigenvalue weighted by atomic mass is 10.1. The Balaban J connectivity index is 1.55. The molecular formula is C24H18F3N5O3S. The van der Waals surface area contributed by atoms with Crippen LogP contribution in [0.3, 0.4) is 0 Å². The van der Waals surface area contributed by atoms with Gasteiger partial charge >= 0.3 is 6.18 Å². The molecule has 0 bridgehead atoms. The molecule has 36 heavy (non-hydrogen) atoms. The summed E-state index contributed by atoms with van der Waals surface area (Å²) in [6, 6.07) is 12.4. The van der Waals surface area contributed by atoms with Gasteiger partial charge in [0.05, 0.1) is 30.1 Å². The molecule has 12 heteroatoms. The monoisotopic (exact) mass is 513 g/mol. The number of hydrogen-bond acceptors (Lipinski definition) is 7. The molecule has 2 aromatic carbocycles. The van der Waals surface area contributed by atoms with Crippen LogP contribution in [0, 0.1) is 6.92 Å². The molecule has 0 radical (unpaired) electrons. The van der Waals surface area contributed by atoms with E-state index in [0.717, 1.165) is 21.8 Å². The lowest BCUT2D eigenvalue weighted by Crippen LogP contribution is -2.15. The molecule has 5 aromatic rings. The number of hydrogen-bond donors (Lipinski definition) is 1. The van der Waals surface area contributed by atoms with E-state index in [-0.39, 0.29) is 17.0 Å². The summed E-state index contributed by atoms with van der Waals surface area (Å²) < 4.78 is 53.8. The molecule has 0 spiro atoms. The Morgan fingerprint density at radius 2 is 1.81 bits per heavy atom. The van der Waals surface area contributed by atoms with Crippen LogP contribution in [0.1, 0.15) is 21.7 Å². The lowest BCUT2D eigenvalue weighted by molar-refractivity contribution is -0.142. The topological polar surface area (TPSA) is 90.6 Å². The molecule has 0 aliphatic carbocycles. The molecule has 0 fully saturated rings. The van der Waals surface area contributed by atoms with Gasteiger partial charge in [0.2, 0.25) is 0 Å². The van der Waals surface area contributed by atoms with Crippen LogP contribution in [0.2, 0.25) is 0 Å². The minimum Gasteiger partial charge on any atom is -0.493 e. The molecule has 3 aromatic heterocycles. The highest BCUT2D eigenvalue weighted by atomic mass is 32.1. The van der Waals surface area contributed by atoms with E-state index in [1.807, 2.05) is 25.1 Å². The Morgan fingerprint density at radius 3 is 2.50 bits per heavy atom. The summed E-state index contributed by atoms with van der Waals surface area (Å²) in [5.74, 6) is 0.0644. The van der Waals surface area contributed by atoms with Crippen LogP contribution in [0.15, 0.2) is 48.5 Å². The summed E-state index contributed by atoms with van der Waals surface area (Å²) in [5.41, 5.74) is 0.648. The molecule has 0 aliphatic rings. The van der Waals surface area contributed by atoms with E-state index in [1.54, 1.807) is 12.1 Å². The van der Waals surface area contributed by atoms with Crippen molar-refractivity contribution in [3.8, 4) is 22.8 Å². The summed E-state index contributed by atoms with van der Waals surface area (Å²) in [4.78, 5) is 21.6. The van der Waals surface area contributed by atoms with Gasteiger partial charge in [-0.1, -0.05) is 23.5 Å². The number of amides is 1. The van der Waals surface area contributed by atoms with Crippen LogP contribution >= 0.6 is 11.3 Å². The molecule has 1 N–H and O–H groups in total. The van der Waals surface area contributed by atoms with Gasteiger partial charge in [0.1, 0.15) is 0 Å². The maximum absolute atomic E-state index is 13.9. The van der Waals surface area contributed by atoms with E-state index in [2.05, 4.69) is 20.4 Å². The highest BCUT2D eigenvalue weighted by Gasteiger charge is 2.36. The molecule has 0 unspecified atom stereocenters. The summed E-state index contributed by atoms with van der Waals surface area (Å²) in [7, 11) is 2.88. The van der Waals surface area contributed by atoms with E-state index in [4.69, 9.17) is 9.47 Å². The maximum Gasteiger partial charge on any atom is 0.433 e. The van der Waals surface area contributed by atoms with Gasteiger partial charge in [-0.15, -0.1) is 0 Å². The number of aryl methyl sites for hydroxylation is 1. The summed E-state index contributed by atoms with van der Waals surface area (Å²) in [5, 5.41) is 6.83. The fourth-order valence-corrected chi connectivity index (χ4v) is 4.67. The first kappa shape index (κ1) is 23.5. The largest absolute Gasteiger partial charge is 0.493 e. The van der Waals surface area contributed by atoms with Crippen molar-refractivity contribution in [3.63, 3.8) is 0 Å². The van der Waals surface area contributed by atoms with Crippen molar-refractivity contribution in [3.05, 3.63) is 65.5 Å². The molecule has 3 heterocycles. The zero-order chi connectivity index (χ0) is 25.6. The van der Waals surface area contributed by atoms with E-state index >= 15 is 0 Å². The third-order valence-corrected chi connectivity index (χ3v) is 6.41. The zero-order valence-corrected chi connectivity index (χ0v) is 20.0. The number of methoxy groups -OCH3 is 2. The second-order valence-corrected chi connectivity index (χ2v) is 8.82. The smallest absolute Gasteiger partial charge is 0.433 e. The fraction of sp³-hybridized carbons (Fsp3) is 0.167. The number of para-hydroxylation sites is 1. The summed E-state index contributed by atoms with van der Waals surface area (Å²) in [6.07, 6.45) is -4.75. The van der Waals surface area contributed by atoms with Crippen molar-refractivity contribution in [2.75, 3.05) is 19.5 Å². The van der Waals surface area contributed by atoms with Gasteiger partial charge in [0.25, 0.3) is 5.91 Å². The molecule has 1 amide bonds. The van der Waals surface area contributed by atoms with Crippen molar-refractivity contribution in [1.82, 2.24) is 19.6 Å². The Labute approximate surface area is 206 Å². The van der Waals surface area contributed by atoms with Crippen molar-refractivity contribution < 1.29 is 27.4 Å². The number of halogens is 3. The average molecular weight is 514 g/mol. The van der Waals surface area contributed by atoms with Crippen LogP contribution in [0.5, 0.6) is 11.5 Å². The van der Waals surface area contributed by atoms with E-state index in [1.165, 1.54) is 37.7 Å². The second kappa shape index (κ2) is 8.79. The predicted octanol–water partition coefficient (Wildman–Crippen LogP) is 5.60. The van der Waals surface area contributed by atoms with Crippen LogP contribution < -0.4 is 14.8 Å². The van der Waals surface area contributed by atoms with E-state index in [9.17, 15) is 18.0 Å². The average Bonchev–Trinajstić information content (AvgIpc) is 3.47. The van der Waals surface area contributed by atoms with Gasteiger partial charge < -0.3 is 9.47 Å². The Hall–Kier alpha value is -4.19. The third kappa shape index (κ3) is 4.19. The summed E-state index contributed by atoms with van der Waals surface area (Å²) >= 11 is 1.26. The van der Waals surface area contributed by atoms with Crippen LogP contribution in [-0.4, -0.2) is 39.7 Å². The minimum atomic E-state index is -4.75. The second-order valence-electron chi connectivity index (χ2n) is 7.79. The number of ether oxygens (including phenoxy) is 2. The molecule has 5 rings (SSSR count). The number of benzene rings is 2. The van der Waals surface area contributed by atoms with Gasteiger partial charge in [-0.05, 0) is 42.8 Å². The number of nitrogens with zero attached hydrogens (tertiary/aromatic N) is 4. The molecule has 0 saturated carbocycles. The van der Waals surface area contributed by atoms with Gasteiger partial charge in [-0.3, -0.25) is 10.1 Å². The summed E-state index contributed by atoms with van der Waals surface area (Å²) in [6.45, 7) is 1.90. The number of alkyl halides is 3. The van der Waals surface area contributed by atoms with Gasteiger partial charge in [0, 0.05) is 11.6 Å². The standard InChI is InChI=1S/C24H18F3N5O3S/c1-12-5-4-6-18-21(12)29-23(36-18)30-22(33)15-11-20-28-14(10-19(24(25,26)27)32(20)31-15)13-7-8-16(34-2)17(9-13)35-3/h4-11H,1-3H3,(H,29,30,33). The number of thiazole rings is 1. The molecule has 0 saturated heterocycles. The number of rotatable bonds is 5. The van der Waals surface area contributed by atoms with Gasteiger partial charge in [0.15, 0.2) is 33.7 Å². The first-order valence-corrected chi connectivity index (χ1v) is 11.4. The van der Waals surface area contributed by atoms with Crippen LogP contribution in [0.25, 0.3) is 27.1 Å². The number of anilines is 1. The van der Waals surface area contributed by atoms with Crippen molar-refractivity contribution in [2.45, 2.75) is 13.1 Å². The number of carbonyl (C=O) groups excluding carboxylic acids is 1. The van der Waals surface area contributed by atoms with E-state index < -0.39 is 17.8 Å². The first-order chi connectivity index (χ1) is 17.2. The molecule has 0 atom stereocenters. The Bertz CT molecular complexity index is 1630. The normalized spacial score (nSPS) is 11.7. The highest BCUT2D eigenvalue weighted by Crippen LogP contribution is 2.35.